The summed E-state index contributed by atoms with van der Waals surface area (Å²) < 4.78 is 4.77. The van der Waals surface area contributed by atoms with Gasteiger partial charge < -0.3 is 4.74 Å². The molecule has 0 saturated heterocycles. The number of benzene rings is 1. The fourth-order valence-corrected chi connectivity index (χ4v) is 2.24. The molecule has 2 rings (SSSR count). The van der Waals surface area contributed by atoms with Gasteiger partial charge in [-0.2, -0.15) is 0 Å². The lowest BCUT2D eigenvalue weighted by atomic mass is 9.88. The second-order valence-corrected chi connectivity index (χ2v) is 4.13. The first kappa shape index (κ1) is 10.2. The number of hydrogen-bond donors (Lipinski definition) is 0. The second kappa shape index (κ2) is 4.05. The number of aryl methyl sites for hydroxylation is 3. The molecule has 1 aliphatic rings. The predicted molar refractivity (Wildman–Crippen MR) is 59.2 cm³/mol. The first-order valence-electron chi connectivity index (χ1n) is 5.43. The van der Waals surface area contributed by atoms with Crippen LogP contribution < -0.4 is 0 Å². The van der Waals surface area contributed by atoms with Gasteiger partial charge in [-0.15, -0.1) is 0 Å². The Morgan fingerprint density at radius 2 is 1.80 bits per heavy atom. The maximum absolute atomic E-state index is 11.5. The Kier molecular flexibility index (Phi) is 2.76. The molecule has 0 aromatic heterocycles. The minimum atomic E-state index is -0.221. The summed E-state index contributed by atoms with van der Waals surface area (Å²) in [7, 11) is 1.43. The van der Waals surface area contributed by atoms with Gasteiger partial charge in [-0.25, -0.2) is 4.79 Å². The van der Waals surface area contributed by atoms with E-state index in [4.69, 9.17) is 4.74 Å². The largest absolute Gasteiger partial charge is 0.465 e. The monoisotopic (exact) mass is 204 g/mol. The highest BCUT2D eigenvalue weighted by Crippen LogP contribution is 2.24. The van der Waals surface area contributed by atoms with Gasteiger partial charge in [-0.05, 0) is 55.4 Å². The first-order chi connectivity index (χ1) is 7.22. The van der Waals surface area contributed by atoms with Gasteiger partial charge in [-0.1, -0.05) is 6.07 Å². The molecule has 80 valence electrons. The van der Waals surface area contributed by atoms with Gasteiger partial charge >= 0.3 is 5.97 Å². The third kappa shape index (κ3) is 1.89. The van der Waals surface area contributed by atoms with Gasteiger partial charge in [0.05, 0.1) is 12.7 Å². The van der Waals surface area contributed by atoms with E-state index in [1.807, 2.05) is 13.0 Å². The lowest BCUT2D eigenvalue weighted by Gasteiger charge is -2.17. The maximum Gasteiger partial charge on any atom is 0.338 e. The molecule has 0 unspecified atom stereocenters. The maximum atomic E-state index is 11.5. The summed E-state index contributed by atoms with van der Waals surface area (Å²) in [5.41, 5.74) is 4.49. The van der Waals surface area contributed by atoms with E-state index in [0.717, 1.165) is 24.0 Å². The van der Waals surface area contributed by atoms with Crippen LogP contribution >= 0.6 is 0 Å². The van der Waals surface area contributed by atoms with E-state index in [1.165, 1.54) is 31.1 Å². The second-order valence-electron chi connectivity index (χ2n) is 4.13. The predicted octanol–water partition coefficient (Wildman–Crippen LogP) is 2.66. The van der Waals surface area contributed by atoms with Crippen molar-refractivity contribution in [3.63, 3.8) is 0 Å². The van der Waals surface area contributed by atoms with E-state index in [1.54, 1.807) is 0 Å². The van der Waals surface area contributed by atoms with E-state index in [2.05, 4.69) is 6.07 Å². The molecule has 0 heterocycles. The third-order valence-corrected chi connectivity index (χ3v) is 3.09. The van der Waals surface area contributed by atoms with Crippen molar-refractivity contribution in [2.75, 3.05) is 7.11 Å². The Morgan fingerprint density at radius 1 is 1.20 bits per heavy atom. The summed E-state index contributed by atoms with van der Waals surface area (Å²) in [5, 5.41) is 0. The molecule has 0 fully saturated rings. The van der Waals surface area contributed by atoms with Crippen molar-refractivity contribution >= 4 is 5.97 Å². The van der Waals surface area contributed by atoms with E-state index < -0.39 is 0 Å². The first-order valence-corrected chi connectivity index (χ1v) is 5.43. The lowest BCUT2D eigenvalue weighted by molar-refractivity contribution is 0.0599. The molecule has 0 aliphatic heterocycles. The van der Waals surface area contributed by atoms with E-state index in [0.29, 0.717) is 0 Å². The number of ether oxygens (including phenoxy) is 1. The summed E-state index contributed by atoms with van der Waals surface area (Å²) in [6.07, 6.45) is 4.75. The molecular weight excluding hydrogens is 188 g/mol. The van der Waals surface area contributed by atoms with Gasteiger partial charge in [0.15, 0.2) is 0 Å². The Balaban J connectivity index is 2.44. The van der Waals surface area contributed by atoms with Gasteiger partial charge in [0.2, 0.25) is 0 Å². The van der Waals surface area contributed by atoms with Gasteiger partial charge in [0.25, 0.3) is 0 Å². The average Bonchev–Trinajstić information content (AvgIpc) is 2.27. The van der Waals surface area contributed by atoms with Crippen molar-refractivity contribution in [3.05, 3.63) is 34.4 Å². The number of esters is 1. The molecule has 0 atom stereocenters. The SMILES string of the molecule is COC(=O)c1cc2c(cc1C)CCCC2. The molecule has 15 heavy (non-hydrogen) atoms. The van der Waals surface area contributed by atoms with Crippen LogP contribution in [0.1, 0.15) is 39.9 Å². The highest BCUT2D eigenvalue weighted by molar-refractivity contribution is 5.91. The van der Waals surface area contributed by atoms with Crippen LogP contribution in [-0.2, 0) is 17.6 Å². The molecule has 1 aromatic rings. The summed E-state index contributed by atoms with van der Waals surface area (Å²) >= 11 is 0. The Hall–Kier alpha value is -1.31. The molecule has 1 aliphatic carbocycles. The zero-order valence-corrected chi connectivity index (χ0v) is 9.30. The van der Waals surface area contributed by atoms with E-state index >= 15 is 0 Å². The van der Waals surface area contributed by atoms with Crippen molar-refractivity contribution in [3.8, 4) is 0 Å². The fraction of sp³-hybridized carbons (Fsp3) is 0.462. The average molecular weight is 204 g/mol. The van der Waals surface area contributed by atoms with Crippen molar-refractivity contribution in [2.45, 2.75) is 32.6 Å². The third-order valence-electron chi connectivity index (χ3n) is 3.09. The standard InChI is InChI=1S/C13H16O2/c1-9-7-10-5-3-4-6-11(10)8-12(9)13(14)15-2/h7-8H,3-6H2,1-2H3. The van der Waals surface area contributed by atoms with Crippen LogP contribution in [0.2, 0.25) is 0 Å². The number of hydrogen-bond acceptors (Lipinski definition) is 2. The summed E-state index contributed by atoms with van der Waals surface area (Å²) in [6, 6.07) is 4.15. The molecule has 0 N–H and O–H groups in total. The Labute approximate surface area is 90.3 Å². The Morgan fingerprint density at radius 3 is 2.40 bits per heavy atom. The zero-order valence-electron chi connectivity index (χ0n) is 9.30. The van der Waals surface area contributed by atoms with Gasteiger partial charge in [-0.3, -0.25) is 0 Å². The number of carbonyl (C=O) groups excluding carboxylic acids is 1. The molecule has 0 radical (unpaired) electrons. The number of rotatable bonds is 1. The van der Waals surface area contributed by atoms with Gasteiger partial charge in [0.1, 0.15) is 0 Å². The van der Waals surface area contributed by atoms with Crippen LogP contribution in [-0.4, -0.2) is 13.1 Å². The minimum Gasteiger partial charge on any atom is -0.465 e. The lowest BCUT2D eigenvalue weighted by Crippen LogP contribution is -2.09. The molecule has 0 amide bonds. The van der Waals surface area contributed by atoms with Crippen molar-refractivity contribution in [1.82, 2.24) is 0 Å². The molecular formula is C13H16O2. The van der Waals surface area contributed by atoms with Crippen LogP contribution in [0.3, 0.4) is 0 Å². The van der Waals surface area contributed by atoms with Crippen LogP contribution in [0.5, 0.6) is 0 Å². The number of methoxy groups -OCH3 is 1. The molecule has 0 bridgehead atoms. The van der Waals surface area contributed by atoms with Gasteiger partial charge in [0, 0.05) is 0 Å². The summed E-state index contributed by atoms with van der Waals surface area (Å²) in [6.45, 7) is 1.97. The smallest absolute Gasteiger partial charge is 0.338 e. The zero-order chi connectivity index (χ0) is 10.8. The quantitative estimate of drug-likeness (QED) is 0.657. The van der Waals surface area contributed by atoms with E-state index in [-0.39, 0.29) is 5.97 Å². The Bertz CT molecular complexity index is 394. The number of carbonyl (C=O) groups is 1. The van der Waals surface area contributed by atoms with Crippen LogP contribution in [0.4, 0.5) is 0 Å². The highest BCUT2D eigenvalue weighted by atomic mass is 16.5. The van der Waals surface area contributed by atoms with Crippen molar-refractivity contribution in [2.24, 2.45) is 0 Å². The molecule has 1 aromatic carbocycles. The molecule has 0 saturated carbocycles. The molecule has 0 spiro atoms. The summed E-state index contributed by atoms with van der Waals surface area (Å²) in [4.78, 5) is 11.5. The number of fused-ring (bicyclic) bond motifs is 1. The van der Waals surface area contributed by atoms with Crippen LogP contribution in [0.15, 0.2) is 12.1 Å². The topological polar surface area (TPSA) is 26.3 Å². The van der Waals surface area contributed by atoms with E-state index in [9.17, 15) is 4.79 Å². The summed E-state index contributed by atoms with van der Waals surface area (Å²) in [5.74, 6) is -0.221. The molecule has 2 nitrogen and oxygen atoms in total. The van der Waals surface area contributed by atoms with Crippen LogP contribution in [0, 0.1) is 6.92 Å². The molecule has 2 heteroatoms. The highest BCUT2D eigenvalue weighted by Gasteiger charge is 2.15. The van der Waals surface area contributed by atoms with Crippen LogP contribution in [0.25, 0.3) is 0 Å². The van der Waals surface area contributed by atoms with Crippen molar-refractivity contribution < 1.29 is 9.53 Å². The minimum absolute atomic E-state index is 0.221. The van der Waals surface area contributed by atoms with Crippen molar-refractivity contribution in [1.29, 1.82) is 0 Å². The fourth-order valence-electron chi connectivity index (χ4n) is 2.24. The normalized spacial score (nSPS) is 14.5.